The first kappa shape index (κ1) is 11.9. The molecule has 0 radical (unpaired) electrons. The van der Waals surface area contributed by atoms with Crippen LogP contribution >= 0.6 is 0 Å². The molecule has 1 aliphatic rings. The van der Waals surface area contributed by atoms with Gasteiger partial charge in [0.15, 0.2) is 0 Å². The van der Waals surface area contributed by atoms with Crippen LogP contribution in [0, 0.1) is 5.92 Å². The first-order valence-corrected chi connectivity index (χ1v) is 5.78. The van der Waals surface area contributed by atoms with Crippen molar-refractivity contribution in [3.63, 3.8) is 0 Å². The highest BCUT2D eigenvalue weighted by molar-refractivity contribution is 5.88. The average molecular weight is 235 g/mol. The number of nitrogens with zero attached hydrogens (tertiary/aromatic N) is 2. The molecule has 0 bridgehead atoms. The van der Waals surface area contributed by atoms with Gasteiger partial charge in [-0.2, -0.15) is 0 Å². The highest BCUT2D eigenvalue weighted by Gasteiger charge is 2.31. The van der Waals surface area contributed by atoms with Gasteiger partial charge in [0.25, 0.3) is 0 Å². The highest BCUT2D eigenvalue weighted by Crippen LogP contribution is 2.32. The Morgan fingerprint density at radius 2 is 2.41 bits per heavy atom. The molecular weight excluding hydrogens is 218 g/mol. The van der Waals surface area contributed by atoms with Crippen molar-refractivity contribution in [2.75, 3.05) is 18.9 Å². The number of hydrogen-bond donors (Lipinski definition) is 2. The fraction of sp³-hybridized carbons (Fsp3) is 0.500. The van der Waals surface area contributed by atoms with Crippen molar-refractivity contribution in [1.82, 2.24) is 9.88 Å². The fourth-order valence-electron chi connectivity index (χ4n) is 1.64. The lowest BCUT2D eigenvalue weighted by atomic mass is 10.2. The Kier molecular flexibility index (Phi) is 3.58. The summed E-state index contributed by atoms with van der Waals surface area (Å²) in [5, 5.41) is 12.4. The smallest absolute Gasteiger partial charge is 0.322 e. The molecule has 92 valence electrons. The third-order valence-electron chi connectivity index (χ3n) is 2.87. The lowest BCUT2D eigenvalue weighted by molar-refractivity contribution is 0.117. The zero-order chi connectivity index (χ0) is 12.3. The van der Waals surface area contributed by atoms with Crippen molar-refractivity contribution in [1.29, 1.82) is 0 Å². The maximum absolute atomic E-state index is 11.8. The molecule has 1 fully saturated rings. The summed E-state index contributed by atoms with van der Waals surface area (Å²) in [6.07, 6.45) is 3.34. The molecule has 0 aromatic carbocycles. The molecule has 0 saturated heterocycles. The summed E-state index contributed by atoms with van der Waals surface area (Å²) in [6, 6.07) is 5.07. The van der Waals surface area contributed by atoms with Crippen molar-refractivity contribution in [3.05, 3.63) is 24.4 Å². The number of rotatable bonds is 4. The third kappa shape index (κ3) is 3.42. The van der Waals surface area contributed by atoms with E-state index in [1.54, 1.807) is 25.4 Å². The molecular formula is C12H17N3O2. The van der Waals surface area contributed by atoms with E-state index in [4.69, 9.17) is 0 Å². The summed E-state index contributed by atoms with van der Waals surface area (Å²) in [5.41, 5.74) is 0. The molecule has 0 aliphatic heterocycles. The van der Waals surface area contributed by atoms with Crippen LogP contribution < -0.4 is 5.32 Å². The average Bonchev–Trinajstić information content (AvgIpc) is 3.14. The summed E-state index contributed by atoms with van der Waals surface area (Å²) in [4.78, 5) is 17.2. The van der Waals surface area contributed by atoms with E-state index >= 15 is 0 Å². The number of pyridine rings is 1. The first-order valence-electron chi connectivity index (χ1n) is 5.78. The van der Waals surface area contributed by atoms with E-state index in [9.17, 15) is 9.90 Å². The molecule has 1 atom stereocenters. The van der Waals surface area contributed by atoms with E-state index in [-0.39, 0.29) is 6.03 Å². The van der Waals surface area contributed by atoms with Gasteiger partial charge in [-0.25, -0.2) is 9.78 Å². The predicted molar refractivity (Wildman–Crippen MR) is 64.6 cm³/mol. The van der Waals surface area contributed by atoms with Gasteiger partial charge >= 0.3 is 6.03 Å². The number of aliphatic hydroxyl groups is 1. The molecule has 1 heterocycles. The molecule has 5 heteroatoms. The minimum Gasteiger partial charge on any atom is -0.391 e. The summed E-state index contributed by atoms with van der Waals surface area (Å²) < 4.78 is 0. The van der Waals surface area contributed by atoms with Gasteiger partial charge in [-0.05, 0) is 30.9 Å². The van der Waals surface area contributed by atoms with Gasteiger partial charge in [0.2, 0.25) is 0 Å². The van der Waals surface area contributed by atoms with E-state index < -0.39 is 6.10 Å². The van der Waals surface area contributed by atoms with Crippen molar-refractivity contribution in [2.45, 2.75) is 18.9 Å². The molecule has 1 aromatic heterocycles. The molecule has 0 spiro atoms. The normalized spacial score (nSPS) is 16.4. The topological polar surface area (TPSA) is 65.5 Å². The molecule has 1 aliphatic carbocycles. The number of anilines is 1. The van der Waals surface area contributed by atoms with Crippen LogP contribution in [0.25, 0.3) is 0 Å². The second-order valence-corrected chi connectivity index (χ2v) is 4.43. The Morgan fingerprint density at radius 1 is 1.65 bits per heavy atom. The van der Waals surface area contributed by atoms with E-state index in [0.29, 0.717) is 18.3 Å². The van der Waals surface area contributed by atoms with Gasteiger partial charge in [0.1, 0.15) is 5.82 Å². The Bertz CT molecular complexity index is 379. The van der Waals surface area contributed by atoms with Gasteiger partial charge in [0.05, 0.1) is 6.10 Å². The van der Waals surface area contributed by atoms with E-state index in [1.807, 2.05) is 6.07 Å². The van der Waals surface area contributed by atoms with Crippen LogP contribution in [0.1, 0.15) is 12.8 Å². The Labute approximate surface area is 100 Å². The van der Waals surface area contributed by atoms with Crippen molar-refractivity contribution < 1.29 is 9.90 Å². The molecule has 17 heavy (non-hydrogen) atoms. The number of nitrogens with one attached hydrogen (secondary N) is 1. The van der Waals surface area contributed by atoms with Gasteiger partial charge < -0.3 is 10.0 Å². The van der Waals surface area contributed by atoms with Crippen LogP contribution in [-0.2, 0) is 0 Å². The van der Waals surface area contributed by atoms with Crippen LogP contribution in [0.15, 0.2) is 24.4 Å². The minimum absolute atomic E-state index is 0.247. The van der Waals surface area contributed by atoms with Gasteiger partial charge in [-0.15, -0.1) is 0 Å². The monoisotopic (exact) mass is 235 g/mol. The summed E-state index contributed by atoms with van der Waals surface area (Å²) in [5.74, 6) is 0.894. The van der Waals surface area contributed by atoms with Crippen LogP contribution in [-0.4, -0.2) is 40.7 Å². The van der Waals surface area contributed by atoms with Gasteiger partial charge in [-0.1, -0.05) is 6.07 Å². The Hall–Kier alpha value is -1.62. The number of aliphatic hydroxyl groups excluding tert-OH is 1. The summed E-state index contributed by atoms with van der Waals surface area (Å²) >= 11 is 0. The lowest BCUT2D eigenvalue weighted by Gasteiger charge is -2.20. The first-order chi connectivity index (χ1) is 8.16. The lowest BCUT2D eigenvalue weighted by Crippen LogP contribution is -2.38. The summed E-state index contributed by atoms with van der Waals surface area (Å²) in [7, 11) is 1.67. The second-order valence-electron chi connectivity index (χ2n) is 4.43. The second kappa shape index (κ2) is 5.14. The van der Waals surface area contributed by atoms with Crippen molar-refractivity contribution >= 4 is 11.8 Å². The quantitative estimate of drug-likeness (QED) is 0.827. The molecule has 2 N–H and O–H groups in total. The Morgan fingerprint density at radius 3 is 3.00 bits per heavy atom. The number of amides is 2. The van der Waals surface area contributed by atoms with E-state index in [2.05, 4.69) is 10.3 Å². The number of hydrogen-bond acceptors (Lipinski definition) is 3. The molecule has 1 aromatic rings. The third-order valence-corrected chi connectivity index (χ3v) is 2.87. The van der Waals surface area contributed by atoms with Crippen LogP contribution in [0.2, 0.25) is 0 Å². The largest absolute Gasteiger partial charge is 0.391 e. The van der Waals surface area contributed by atoms with Crippen LogP contribution in [0.3, 0.4) is 0 Å². The van der Waals surface area contributed by atoms with E-state index in [1.165, 1.54) is 4.90 Å². The molecule has 1 unspecified atom stereocenters. The zero-order valence-corrected chi connectivity index (χ0v) is 9.84. The molecule has 2 amide bonds. The number of carbonyl (C=O) groups excluding carboxylic acids is 1. The Balaban J connectivity index is 1.82. The number of carbonyl (C=O) groups is 1. The standard InChI is InChI=1S/C12H17N3O2/c1-15(8-10(16)9-5-6-9)12(17)14-11-4-2-3-7-13-11/h2-4,7,9-10,16H,5-6,8H2,1H3,(H,13,14,17). The molecule has 2 rings (SSSR count). The zero-order valence-electron chi connectivity index (χ0n) is 9.84. The van der Waals surface area contributed by atoms with Crippen LogP contribution in [0.5, 0.6) is 0 Å². The number of aromatic nitrogens is 1. The number of urea groups is 1. The highest BCUT2D eigenvalue weighted by atomic mass is 16.3. The molecule has 5 nitrogen and oxygen atoms in total. The van der Waals surface area contributed by atoms with E-state index in [0.717, 1.165) is 12.8 Å². The predicted octanol–water partition coefficient (Wildman–Crippen LogP) is 1.32. The molecule has 1 saturated carbocycles. The van der Waals surface area contributed by atoms with Crippen molar-refractivity contribution in [3.8, 4) is 0 Å². The van der Waals surface area contributed by atoms with Crippen LogP contribution in [0.4, 0.5) is 10.6 Å². The van der Waals surface area contributed by atoms with Gasteiger partial charge in [-0.3, -0.25) is 5.32 Å². The number of likely N-dealkylation sites (N-methyl/N-ethyl adjacent to an activating group) is 1. The summed E-state index contributed by atoms with van der Waals surface area (Å²) in [6.45, 7) is 0.364. The maximum atomic E-state index is 11.8. The minimum atomic E-state index is -0.408. The maximum Gasteiger partial charge on any atom is 0.322 e. The fourth-order valence-corrected chi connectivity index (χ4v) is 1.64. The SMILES string of the molecule is CN(CC(O)C1CC1)C(=O)Nc1ccccn1. The van der Waals surface area contributed by atoms with Crippen molar-refractivity contribution in [2.24, 2.45) is 5.92 Å². The van der Waals surface area contributed by atoms with Gasteiger partial charge in [0, 0.05) is 19.8 Å².